The van der Waals surface area contributed by atoms with Crippen LogP contribution < -0.4 is 0 Å². The number of nitrogens with zero attached hydrogens (tertiary/aromatic N) is 5. The highest BCUT2D eigenvalue weighted by atomic mass is 35.5. The lowest BCUT2D eigenvalue weighted by atomic mass is 10.3. The van der Waals surface area contributed by atoms with E-state index >= 15 is 0 Å². The third kappa shape index (κ3) is 1.49. The molecule has 0 bridgehead atoms. The van der Waals surface area contributed by atoms with Crippen LogP contribution in [-0.4, -0.2) is 29.7 Å². The van der Waals surface area contributed by atoms with E-state index in [-0.39, 0.29) is 5.28 Å². The van der Waals surface area contributed by atoms with E-state index in [4.69, 9.17) is 11.6 Å². The Morgan fingerprint density at radius 2 is 2.12 bits per heavy atom. The van der Waals surface area contributed by atoms with E-state index in [1.807, 2.05) is 18.4 Å². The van der Waals surface area contributed by atoms with Crippen molar-refractivity contribution in [2.75, 3.05) is 0 Å². The summed E-state index contributed by atoms with van der Waals surface area (Å²) in [7, 11) is 0. The number of rotatable bonds is 1. The van der Waals surface area contributed by atoms with Gasteiger partial charge in [0.15, 0.2) is 11.5 Å². The SMILES string of the molecule is Cc1ncn(-c2nc(Cl)nc3[nH]ncc23)c1C. The summed E-state index contributed by atoms with van der Waals surface area (Å²) in [6.45, 7) is 3.92. The van der Waals surface area contributed by atoms with Gasteiger partial charge in [0.2, 0.25) is 5.28 Å². The first-order chi connectivity index (χ1) is 8.16. The summed E-state index contributed by atoms with van der Waals surface area (Å²) < 4.78 is 1.88. The van der Waals surface area contributed by atoms with Gasteiger partial charge in [-0.05, 0) is 25.4 Å². The van der Waals surface area contributed by atoms with Crippen LogP contribution in [0.1, 0.15) is 11.4 Å². The molecule has 6 nitrogen and oxygen atoms in total. The Hall–Kier alpha value is -1.95. The molecule has 0 saturated heterocycles. The molecule has 7 heteroatoms. The molecule has 0 aliphatic heterocycles. The average molecular weight is 249 g/mol. The Morgan fingerprint density at radius 3 is 2.82 bits per heavy atom. The molecule has 0 fully saturated rings. The van der Waals surface area contributed by atoms with Gasteiger partial charge in [-0.25, -0.2) is 4.98 Å². The molecule has 3 aromatic rings. The van der Waals surface area contributed by atoms with Gasteiger partial charge in [0, 0.05) is 5.69 Å². The maximum absolute atomic E-state index is 5.89. The summed E-state index contributed by atoms with van der Waals surface area (Å²) in [5.74, 6) is 0.687. The second kappa shape index (κ2) is 3.53. The standard InChI is InChI=1S/C10H9ClN6/c1-5-6(2)17(4-12-5)9-7-3-13-16-8(7)14-10(11)15-9/h3-4H,1-2H3,(H,13,14,15,16). The number of aromatic nitrogens is 6. The van der Waals surface area contributed by atoms with Gasteiger partial charge in [0.1, 0.15) is 6.33 Å². The van der Waals surface area contributed by atoms with Gasteiger partial charge < -0.3 is 0 Å². The van der Waals surface area contributed by atoms with Gasteiger partial charge >= 0.3 is 0 Å². The number of halogens is 1. The fourth-order valence-corrected chi connectivity index (χ4v) is 1.85. The van der Waals surface area contributed by atoms with Crippen LogP contribution in [0, 0.1) is 13.8 Å². The van der Waals surface area contributed by atoms with Crippen molar-refractivity contribution in [3.8, 4) is 5.82 Å². The van der Waals surface area contributed by atoms with Gasteiger partial charge in [0.25, 0.3) is 0 Å². The van der Waals surface area contributed by atoms with E-state index in [0.717, 1.165) is 16.8 Å². The lowest BCUT2D eigenvalue weighted by Gasteiger charge is -2.05. The minimum Gasteiger partial charge on any atom is -0.287 e. The molecule has 3 aromatic heterocycles. The molecule has 0 aliphatic rings. The largest absolute Gasteiger partial charge is 0.287 e. The Kier molecular flexibility index (Phi) is 2.12. The smallest absolute Gasteiger partial charge is 0.226 e. The first kappa shape index (κ1) is 10.2. The van der Waals surface area contributed by atoms with E-state index in [2.05, 4.69) is 25.1 Å². The minimum absolute atomic E-state index is 0.183. The minimum atomic E-state index is 0.183. The van der Waals surface area contributed by atoms with E-state index in [1.54, 1.807) is 12.5 Å². The monoisotopic (exact) mass is 248 g/mol. The first-order valence-electron chi connectivity index (χ1n) is 5.04. The highest BCUT2D eigenvalue weighted by molar-refractivity contribution is 6.28. The zero-order valence-corrected chi connectivity index (χ0v) is 10.0. The fourth-order valence-electron chi connectivity index (χ4n) is 1.69. The molecule has 0 unspecified atom stereocenters. The van der Waals surface area contributed by atoms with Crippen molar-refractivity contribution in [3.63, 3.8) is 0 Å². The van der Waals surface area contributed by atoms with Crippen molar-refractivity contribution in [1.82, 2.24) is 29.7 Å². The van der Waals surface area contributed by atoms with Crippen molar-refractivity contribution in [3.05, 3.63) is 29.2 Å². The van der Waals surface area contributed by atoms with Gasteiger partial charge in [-0.15, -0.1) is 0 Å². The number of hydrogen-bond acceptors (Lipinski definition) is 4. The third-order valence-corrected chi connectivity index (χ3v) is 2.91. The molecule has 0 spiro atoms. The van der Waals surface area contributed by atoms with Crippen LogP contribution in [0.25, 0.3) is 16.9 Å². The van der Waals surface area contributed by atoms with E-state index in [9.17, 15) is 0 Å². The Labute approximate surface area is 102 Å². The lowest BCUT2D eigenvalue weighted by Crippen LogP contribution is -2.01. The van der Waals surface area contributed by atoms with Crippen LogP contribution in [-0.2, 0) is 0 Å². The second-order valence-electron chi connectivity index (χ2n) is 3.73. The molecular formula is C10H9ClN6. The molecule has 1 N–H and O–H groups in total. The molecule has 3 rings (SSSR count). The van der Waals surface area contributed by atoms with Crippen LogP contribution >= 0.6 is 11.6 Å². The molecule has 0 amide bonds. The summed E-state index contributed by atoms with van der Waals surface area (Å²) >= 11 is 5.89. The fraction of sp³-hybridized carbons (Fsp3) is 0.200. The highest BCUT2D eigenvalue weighted by Gasteiger charge is 2.12. The number of aromatic amines is 1. The van der Waals surface area contributed by atoms with Crippen molar-refractivity contribution < 1.29 is 0 Å². The highest BCUT2D eigenvalue weighted by Crippen LogP contribution is 2.21. The zero-order chi connectivity index (χ0) is 12.0. The maximum atomic E-state index is 5.89. The molecule has 17 heavy (non-hydrogen) atoms. The summed E-state index contributed by atoms with van der Waals surface area (Å²) in [4.78, 5) is 12.5. The molecule has 0 aromatic carbocycles. The van der Waals surface area contributed by atoms with Gasteiger partial charge in [0.05, 0.1) is 17.3 Å². The number of H-pyrrole nitrogens is 1. The molecule has 0 aliphatic carbocycles. The van der Waals surface area contributed by atoms with Crippen molar-refractivity contribution >= 4 is 22.6 Å². The van der Waals surface area contributed by atoms with Crippen LogP contribution in [0.4, 0.5) is 0 Å². The van der Waals surface area contributed by atoms with Gasteiger partial charge in [-0.3, -0.25) is 9.67 Å². The van der Waals surface area contributed by atoms with Gasteiger partial charge in [-0.2, -0.15) is 15.1 Å². The topological polar surface area (TPSA) is 72.3 Å². The number of aryl methyl sites for hydroxylation is 1. The Morgan fingerprint density at radius 1 is 1.29 bits per heavy atom. The zero-order valence-electron chi connectivity index (χ0n) is 9.27. The average Bonchev–Trinajstić information content (AvgIpc) is 2.87. The number of fused-ring (bicyclic) bond motifs is 1. The van der Waals surface area contributed by atoms with Crippen LogP contribution in [0.3, 0.4) is 0 Å². The van der Waals surface area contributed by atoms with Crippen molar-refractivity contribution in [2.24, 2.45) is 0 Å². The molecule has 0 saturated carbocycles. The summed E-state index contributed by atoms with van der Waals surface area (Å²) in [6, 6.07) is 0. The van der Waals surface area contributed by atoms with Crippen molar-refractivity contribution in [2.45, 2.75) is 13.8 Å². The van der Waals surface area contributed by atoms with E-state index < -0.39 is 0 Å². The van der Waals surface area contributed by atoms with Crippen molar-refractivity contribution in [1.29, 1.82) is 0 Å². The number of hydrogen-bond donors (Lipinski definition) is 1. The third-order valence-electron chi connectivity index (χ3n) is 2.74. The predicted molar refractivity (Wildman–Crippen MR) is 63.3 cm³/mol. The lowest BCUT2D eigenvalue weighted by molar-refractivity contribution is 0.952. The van der Waals surface area contributed by atoms with E-state index in [1.165, 1.54) is 0 Å². The molecule has 86 valence electrons. The summed E-state index contributed by atoms with van der Waals surface area (Å²) in [5, 5.41) is 7.72. The molecule has 0 radical (unpaired) electrons. The van der Waals surface area contributed by atoms with Crippen LogP contribution in [0.5, 0.6) is 0 Å². The molecule has 0 atom stereocenters. The first-order valence-corrected chi connectivity index (χ1v) is 5.42. The van der Waals surface area contributed by atoms with Gasteiger partial charge in [-0.1, -0.05) is 0 Å². The summed E-state index contributed by atoms with van der Waals surface area (Å²) in [5.41, 5.74) is 2.59. The normalized spacial score (nSPS) is 11.2. The number of nitrogens with one attached hydrogen (secondary N) is 1. The van der Waals surface area contributed by atoms with E-state index in [0.29, 0.717) is 11.5 Å². The number of imidazole rings is 1. The van der Waals surface area contributed by atoms with Crippen LogP contribution in [0.15, 0.2) is 12.5 Å². The summed E-state index contributed by atoms with van der Waals surface area (Å²) in [6.07, 6.45) is 3.39. The Bertz CT molecular complexity index is 698. The molecular weight excluding hydrogens is 240 g/mol. The maximum Gasteiger partial charge on any atom is 0.226 e. The molecule has 3 heterocycles. The quantitative estimate of drug-likeness (QED) is 0.667. The predicted octanol–water partition coefficient (Wildman–Crippen LogP) is 1.81. The second-order valence-corrected chi connectivity index (χ2v) is 4.07. The van der Waals surface area contributed by atoms with Crippen LogP contribution in [0.2, 0.25) is 5.28 Å². The Balaban J connectivity index is 2.36.